The molecule has 0 spiro atoms. The smallest absolute Gasteiger partial charge is 0.270 e. The molecule has 0 saturated heterocycles. The van der Waals surface area contributed by atoms with Gasteiger partial charge in [-0.15, -0.1) is 11.3 Å². The van der Waals surface area contributed by atoms with Crippen molar-refractivity contribution in [2.75, 3.05) is 0 Å². The summed E-state index contributed by atoms with van der Waals surface area (Å²) in [4.78, 5) is 32.2. The Morgan fingerprint density at radius 2 is 1.97 bits per heavy atom. The predicted octanol–water partition coefficient (Wildman–Crippen LogP) is 5.61. The van der Waals surface area contributed by atoms with Crippen molar-refractivity contribution < 1.29 is 4.92 Å². The highest BCUT2D eigenvalue weighted by molar-refractivity contribution is 7.19. The van der Waals surface area contributed by atoms with Crippen molar-refractivity contribution in [2.24, 2.45) is 0 Å². The molecule has 0 aliphatic carbocycles. The van der Waals surface area contributed by atoms with Crippen LogP contribution in [0, 0.1) is 17.0 Å². The lowest BCUT2D eigenvalue weighted by Gasteiger charge is -2.03. The third kappa shape index (κ3) is 3.70. The fourth-order valence-electron chi connectivity index (χ4n) is 3.13. The van der Waals surface area contributed by atoms with Gasteiger partial charge in [-0.3, -0.25) is 14.9 Å². The Labute approximate surface area is 174 Å². The maximum absolute atomic E-state index is 12.8. The Morgan fingerprint density at radius 3 is 2.69 bits per heavy atom. The number of nitrogens with one attached hydrogen (secondary N) is 1. The highest BCUT2D eigenvalue weighted by Gasteiger charge is 2.17. The van der Waals surface area contributed by atoms with E-state index in [4.69, 9.17) is 11.6 Å². The number of benzene rings is 2. The van der Waals surface area contributed by atoms with Gasteiger partial charge in [-0.25, -0.2) is 4.98 Å². The lowest BCUT2D eigenvalue weighted by molar-refractivity contribution is -0.384. The van der Waals surface area contributed by atoms with Gasteiger partial charge in [0, 0.05) is 22.6 Å². The van der Waals surface area contributed by atoms with Crippen LogP contribution in [0.5, 0.6) is 0 Å². The number of thiophene rings is 1. The molecule has 0 aliphatic heterocycles. The number of H-pyrrole nitrogens is 1. The summed E-state index contributed by atoms with van der Waals surface area (Å²) in [5, 5.41) is 11.7. The number of aryl methyl sites for hydroxylation is 1. The molecule has 4 aromatic rings. The molecule has 0 fully saturated rings. The second-order valence-corrected chi connectivity index (χ2v) is 7.95. The minimum Gasteiger partial charge on any atom is -0.305 e. The van der Waals surface area contributed by atoms with Crippen LogP contribution in [0.2, 0.25) is 0 Å². The van der Waals surface area contributed by atoms with Gasteiger partial charge in [0.05, 0.1) is 15.3 Å². The van der Waals surface area contributed by atoms with Crippen molar-refractivity contribution in [3.63, 3.8) is 0 Å². The average Bonchev–Trinajstić information content (AvgIpc) is 3.05. The molecule has 1 N–H and O–H groups in total. The number of halogens is 1. The van der Waals surface area contributed by atoms with Gasteiger partial charge >= 0.3 is 0 Å². The largest absolute Gasteiger partial charge is 0.305 e. The Kier molecular flexibility index (Phi) is 5.00. The summed E-state index contributed by atoms with van der Waals surface area (Å²) >= 11 is 7.80. The van der Waals surface area contributed by atoms with Crippen LogP contribution in [0.1, 0.15) is 16.3 Å². The predicted molar refractivity (Wildman–Crippen MR) is 117 cm³/mol. The van der Waals surface area contributed by atoms with Crippen LogP contribution in [0.25, 0.3) is 32.5 Å². The molecule has 2 aromatic carbocycles. The van der Waals surface area contributed by atoms with Crippen LogP contribution < -0.4 is 5.56 Å². The number of nitrogens with zero attached hydrogens (tertiary/aromatic N) is 2. The van der Waals surface area contributed by atoms with Crippen LogP contribution in [0.4, 0.5) is 5.69 Å². The van der Waals surface area contributed by atoms with Crippen LogP contribution >= 0.6 is 22.9 Å². The van der Waals surface area contributed by atoms with E-state index in [-0.39, 0.29) is 22.1 Å². The lowest BCUT2D eigenvalue weighted by Crippen LogP contribution is -2.10. The standard InChI is InChI=1S/C21H14ClN3O3S/c1-12-17(14-7-3-2-4-8-14)18-20(26)23-19(24-21(18)29-12)16(22)11-13-6-5-9-15(10-13)25(27)28/h2-11H,1H3,(H,23,24,26)/b16-11-. The van der Waals surface area contributed by atoms with Crippen LogP contribution in [-0.4, -0.2) is 14.9 Å². The summed E-state index contributed by atoms with van der Waals surface area (Å²) in [7, 11) is 0. The van der Waals surface area contributed by atoms with Gasteiger partial charge in [-0.05, 0) is 24.1 Å². The van der Waals surface area contributed by atoms with E-state index in [1.54, 1.807) is 12.1 Å². The van der Waals surface area contributed by atoms with E-state index in [1.807, 2.05) is 37.3 Å². The normalized spacial score (nSPS) is 11.7. The monoisotopic (exact) mass is 423 g/mol. The fourth-order valence-corrected chi connectivity index (χ4v) is 4.39. The summed E-state index contributed by atoms with van der Waals surface area (Å²) in [6.07, 6.45) is 1.54. The number of fused-ring (bicyclic) bond motifs is 1. The minimum absolute atomic E-state index is 0.0403. The van der Waals surface area contributed by atoms with Gasteiger partial charge in [0.15, 0.2) is 5.82 Å². The number of rotatable bonds is 4. The summed E-state index contributed by atoms with van der Waals surface area (Å²) in [6.45, 7) is 1.95. The highest BCUT2D eigenvalue weighted by Crippen LogP contribution is 2.36. The van der Waals surface area contributed by atoms with Gasteiger partial charge in [0.1, 0.15) is 4.83 Å². The molecule has 4 rings (SSSR count). The zero-order valence-corrected chi connectivity index (χ0v) is 16.8. The Balaban J connectivity index is 1.81. The molecular formula is C21H14ClN3O3S. The van der Waals surface area contributed by atoms with E-state index in [0.29, 0.717) is 15.8 Å². The number of aromatic amines is 1. The second kappa shape index (κ2) is 7.62. The van der Waals surface area contributed by atoms with Gasteiger partial charge in [-0.1, -0.05) is 54.1 Å². The summed E-state index contributed by atoms with van der Waals surface area (Å²) in [5.74, 6) is 0.219. The summed E-state index contributed by atoms with van der Waals surface area (Å²) in [6, 6.07) is 15.7. The molecular weight excluding hydrogens is 410 g/mol. The molecule has 2 aromatic heterocycles. The SMILES string of the molecule is Cc1sc2nc(/C(Cl)=C/c3cccc([N+](=O)[O-])c3)[nH]c(=O)c2c1-c1ccccc1. The van der Waals surface area contributed by atoms with Gasteiger partial charge in [-0.2, -0.15) is 0 Å². The van der Waals surface area contributed by atoms with Gasteiger partial charge in [0.2, 0.25) is 0 Å². The Morgan fingerprint density at radius 1 is 1.21 bits per heavy atom. The Bertz CT molecular complexity index is 1330. The number of aromatic nitrogens is 2. The number of nitro groups is 1. The van der Waals surface area contributed by atoms with Crippen molar-refractivity contribution in [2.45, 2.75) is 6.92 Å². The quantitative estimate of drug-likeness (QED) is 0.341. The second-order valence-electron chi connectivity index (χ2n) is 6.34. The van der Waals surface area contributed by atoms with Crippen molar-refractivity contribution in [1.82, 2.24) is 9.97 Å². The lowest BCUT2D eigenvalue weighted by atomic mass is 10.0. The fraction of sp³-hybridized carbons (Fsp3) is 0.0476. The van der Waals surface area contributed by atoms with E-state index in [1.165, 1.54) is 29.5 Å². The molecule has 0 radical (unpaired) electrons. The maximum atomic E-state index is 12.8. The van der Waals surface area contributed by atoms with E-state index in [0.717, 1.165) is 16.0 Å². The molecule has 0 aliphatic rings. The molecule has 0 unspecified atom stereocenters. The summed E-state index contributed by atoms with van der Waals surface area (Å²) in [5.41, 5.74) is 2.04. The molecule has 29 heavy (non-hydrogen) atoms. The third-order valence-corrected chi connectivity index (χ3v) is 5.69. The third-order valence-electron chi connectivity index (χ3n) is 4.40. The molecule has 2 heterocycles. The molecule has 0 bridgehead atoms. The van der Waals surface area contributed by atoms with Crippen LogP contribution in [0.3, 0.4) is 0 Å². The van der Waals surface area contributed by atoms with Crippen LogP contribution in [-0.2, 0) is 0 Å². The van der Waals surface area contributed by atoms with Crippen molar-refractivity contribution >= 4 is 50.0 Å². The Hall–Kier alpha value is -3.29. The van der Waals surface area contributed by atoms with E-state index < -0.39 is 4.92 Å². The maximum Gasteiger partial charge on any atom is 0.270 e. The molecule has 8 heteroatoms. The van der Waals surface area contributed by atoms with E-state index >= 15 is 0 Å². The molecule has 6 nitrogen and oxygen atoms in total. The first kappa shape index (κ1) is 19.0. The molecule has 0 saturated carbocycles. The highest BCUT2D eigenvalue weighted by atomic mass is 35.5. The minimum atomic E-state index is -0.475. The average molecular weight is 424 g/mol. The van der Waals surface area contributed by atoms with E-state index in [9.17, 15) is 14.9 Å². The molecule has 0 amide bonds. The van der Waals surface area contributed by atoms with Crippen LogP contribution in [0.15, 0.2) is 59.4 Å². The van der Waals surface area contributed by atoms with Crippen molar-refractivity contribution in [1.29, 1.82) is 0 Å². The first-order chi connectivity index (χ1) is 13.9. The molecule has 144 valence electrons. The number of nitro benzene ring substituents is 1. The van der Waals surface area contributed by atoms with E-state index in [2.05, 4.69) is 9.97 Å². The van der Waals surface area contributed by atoms with Gasteiger partial charge < -0.3 is 4.98 Å². The topological polar surface area (TPSA) is 88.9 Å². The number of hydrogen-bond donors (Lipinski definition) is 1. The summed E-state index contributed by atoms with van der Waals surface area (Å²) < 4.78 is 0. The first-order valence-electron chi connectivity index (χ1n) is 8.65. The zero-order valence-electron chi connectivity index (χ0n) is 15.2. The zero-order chi connectivity index (χ0) is 20.5. The van der Waals surface area contributed by atoms with Crippen molar-refractivity contribution in [3.8, 4) is 11.1 Å². The van der Waals surface area contributed by atoms with Crippen molar-refractivity contribution in [3.05, 3.63) is 91.3 Å². The first-order valence-corrected chi connectivity index (χ1v) is 9.84. The van der Waals surface area contributed by atoms with Gasteiger partial charge in [0.25, 0.3) is 11.2 Å². The molecule has 0 atom stereocenters. The number of non-ortho nitro benzene ring substituents is 1. The number of hydrogen-bond acceptors (Lipinski definition) is 5.